The number of ketones is 1. The molecule has 15 heavy (non-hydrogen) atoms. The summed E-state index contributed by atoms with van der Waals surface area (Å²) in [5, 5.41) is 8.96. The molecule has 0 unspecified atom stereocenters. The Balaban J connectivity index is 2.38. The van der Waals surface area contributed by atoms with Crippen molar-refractivity contribution < 1.29 is 14.7 Å². The molecule has 1 aliphatic rings. The fourth-order valence-corrected chi connectivity index (χ4v) is 1.99. The molecule has 0 bridgehead atoms. The van der Waals surface area contributed by atoms with Crippen LogP contribution in [0.25, 0.3) is 0 Å². The largest absolute Gasteiger partial charge is 0.481 e. The first kappa shape index (κ1) is 9.90. The van der Waals surface area contributed by atoms with Crippen LogP contribution >= 0.6 is 0 Å². The molecule has 2 rings (SSSR count). The van der Waals surface area contributed by atoms with Crippen molar-refractivity contribution in [3.05, 3.63) is 35.4 Å². The number of carboxylic acids is 1. The minimum absolute atomic E-state index is 0.0642. The van der Waals surface area contributed by atoms with E-state index in [-0.39, 0.29) is 5.78 Å². The highest BCUT2D eigenvalue weighted by Gasteiger charge is 2.25. The van der Waals surface area contributed by atoms with E-state index in [0.717, 1.165) is 5.56 Å². The van der Waals surface area contributed by atoms with Crippen LogP contribution in [0.15, 0.2) is 24.3 Å². The lowest BCUT2D eigenvalue weighted by atomic mass is 9.97. The highest BCUT2D eigenvalue weighted by molar-refractivity contribution is 5.98. The molecule has 0 aliphatic heterocycles. The zero-order valence-corrected chi connectivity index (χ0v) is 8.27. The van der Waals surface area contributed by atoms with Crippen LogP contribution in [0.2, 0.25) is 0 Å². The molecule has 1 N–H and O–H groups in total. The fourth-order valence-electron chi connectivity index (χ4n) is 1.99. The fraction of sp³-hybridized carbons (Fsp3) is 0.333. The summed E-state index contributed by atoms with van der Waals surface area (Å²) >= 11 is 0. The molecule has 3 heteroatoms. The molecular weight excluding hydrogens is 192 g/mol. The van der Waals surface area contributed by atoms with Crippen molar-refractivity contribution >= 4 is 11.8 Å². The Morgan fingerprint density at radius 2 is 2.07 bits per heavy atom. The van der Waals surface area contributed by atoms with Crippen LogP contribution < -0.4 is 0 Å². The second-order valence-electron chi connectivity index (χ2n) is 3.86. The maximum absolute atomic E-state index is 11.7. The van der Waals surface area contributed by atoms with Crippen molar-refractivity contribution in [3.8, 4) is 0 Å². The zero-order chi connectivity index (χ0) is 10.8. The minimum atomic E-state index is -0.806. The summed E-state index contributed by atoms with van der Waals surface area (Å²) in [6, 6.07) is 7.28. The molecule has 78 valence electrons. The van der Waals surface area contributed by atoms with Gasteiger partial charge in [-0.15, -0.1) is 0 Å². The number of carbonyl (C=O) groups is 2. The van der Waals surface area contributed by atoms with Gasteiger partial charge in [-0.25, -0.2) is 0 Å². The first-order valence-electron chi connectivity index (χ1n) is 5.02. The highest BCUT2D eigenvalue weighted by atomic mass is 16.4. The summed E-state index contributed by atoms with van der Waals surface area (Å²) in [7, 11) is 0. The maximum atomic E-state index is 11.7. The van der Waals surface area contributed by atoms with E-state index in [4.69, 9.17) is 5.11 Å². The first-order valence-corrected chi connectivity index (χ1v) is 5.02. The number of aliphatic carboxylic acids is 1. The lowest BCUT2D eigenvalue weighted by molar-refractivity contribution is -0.141. The van der Waals surface area contributed by atoms with Crippen molar-refractivity contribution in [2.45, 2.75) is 19.3 Å². The number of Topliss-reactive ketones (excluding diaryl/α,β-unsaturated/α-hetero) is 1. The van der Waals surface area contributed by atoms with Gasteiger partial charge in [0, 0.05) is 12.0 Å². The molecule has 1 aromatic rings. The molecule has 1 aliphatic carbocycles. The molecule has 0 saturated carbocycles. The molecule has 0 aromatic heterocycles. The van der Waals surface area contributed by atoms with E-state index in [2.05, 4.69) is 0 Å². The number of benzene rings is 1. The van der Waals surface area contributed by atoms with Gasteiger partial charge in [-0.3, -0.25) is 9.59 Å². The van der Waals surface area contributed by atoms with E-state index >= 15 is 0 Å². The summed E-state index contributed by atoms with van der Waals surface area (Å²) in [5.74, 6) is -1.16. The van der Waals surface area contributed by atoms with Crippen molar-refractivity contribution in [1.29, 1.82) is 0 Å². The average Bonchev–Trinajstić information content (AvgIpc) is 2.39. The van der Waals surface area contributed by atoms with Gasteiger partial charge < -0.3 is 5.11 Å². The van der Waals surface area contributed by atoms with E-state index in [1.54, 1.807) is 6.07 Å². The number of hydrogen-bond acceptors (Lipinski definition) is 2. The predicted molar refractivity (Wildman–Crippen MR) is 54.8 cm³/mol. The Hall–Kier alpha value is -1.64. The standard InChI is InChI=1S/C12H12O3/c13-11-6-5-9(12(14)15)7-8-3-1-2-4-10(8)11/h1-4,9H,5-7H2,(H,14,15)/t9-/m0/s1. The SMILES string of the molecule is O=C1CC[C@H](C(=O)O)Cc2ccccc21. The van der Waals surface area contributed by atoms with Crippen LogP contribution in [0.5, 0.6) is 0 Å². The van der Waals surface area contributed by atoms with Gasteiger partial charge in [0.25, 0.3) is 0 Å². The van der Waals surface area contributed by atoms with Crippen LogP contribution in [0.4, 0.5) is 0 Å². The third kappa shape index (κ3) is 1.91. The molecular formula is C12H12O3. The third-order valence-electron chi connectivity index (χ3n) is 2.85. The summed E-state index contributed by atoms with van der Waals surface area (Å²) in [6.45, 7) is 0. The number of carboxylic acid groups (broad SMARTS) is 1. The predicted octanol–water partition coefficient (Wildman–Crippen LogP) is 1.91. The van der Waals surface area contributed by atoms with E-state index in [9.17, 15) is 9.59 Å². The van der Waals surface area contributed by atoms with Crippen molar-refractivity contribution in [1.82, 2.24) is 0 Å². The molecule has 0 heterocycles. The Morgan fingerprint density at radius 3 is 2.80 bits per heavy atom. The molecule has 1 aromatic carbocycles. The second-order valence-corrected chi connectivity index (χ2v) is 3.86. The summed E-state index contributed by atoms with van der Waals surface area (Å²) < 4.78 is 0. The van der Waals surface area contributed by atoms with Gasteiger partial charge in [0.05, 0.1) is 5.92 Å². The smallest absolute Gasteiger partial charge is 0.306 e. The zero-order valence-electron chi connectivity index (χ0n) is 8.27. The number of rotatable bonds is 1. The van der Waals surface area contributed by atoms with Gasteiger partial charge in [0.15, 0.2) is 5.78 Å². The van der Waals surface area contributed by atoms with Crippen LogP contribution in [0.1, 0.15) is 28.8 Å². The van der Waals surface area contributed by atoms with Crippen molar-refractivity contribution in [3.63, 3.8) is 0 Å². The minimum Gasteiger partial charge on any atom is -0.481 e. The molecule has 1 atom stereocenters. The molecule has 0 spiro atoms. The van der Waals surface area contributed by atoms with E-state index < -0.39 is 11.9 Å². The molecule has 0 saturated heterocycles. The van der Waals surface area contributed by atoms with Crippen LogP contribution in [0.3, 0.4) is 0 Å². The Morgan fingerprint density at radius 1 is 1.33 bits per heavy atom. The van der Waals surface area contributed by atoms with Gasteiger partial charge >= 0.3 is 5.97 Å². The van der Waals surface area contributed by atoms with E-state index in [0.29, 0.717) is 24.8 Å². The van der Waals surface area contributed by atoms with Gasteiger partial charge in [0.1, 0.15) is 0 Å². The topological polar surface area (TPSA) is 54.4 Å². The lowest BCUT2D eigenvalue weighted by Gasteiger charge is -2.08. The molecule has 3 nitrogen and oxygen atoms in total. The Kier molecular flexibility index (Phi) is 2.54. The molecule has 0 amide bonds. The molecule has 0 fully saturated rings. The van der Waals surface area contributed by atoms with Gasteiger partial charge in [-0.1, -0.05) is 24.3 Å². The monoisotopic (exact) mass is 204 g/mol. The average molecular weight is 204 g/mol. The second kappa shape index (κ2) is 3.85. The van der Waals surface area contributed by atoms with Crippen molar-refractivity contribution in [2.24, 2.45) is 5.92 Å². The van der Waals surface area contributed by atoms with Crippen LogP contribution in [0, 0.1) is 5.92 Å². The number of hydrogen-bond donors (Lipinski definition) is 1. The highest BCUT2D eigenvalue weighted by Crippen LogP contribution is 2.24. The maximum Gasteiger partial charge on any atom is 0.306 e. The van der Waals surface area contributed by atoms with Gasteiger partial charge in [-0.05, 0) is 18.4 Å². The molecule has 0 radical (unpaired) electrons. The summed E-state index contributed by atoms with van der Waals surface area (Å²) in [4.78, 5) is 22.6. The van der Waals surface area contributed by atoms with E-state index in [1.165, 1.54) is 0 Å². The van der Waals surface area contributed by atoms with Crippen LogP contribution in [-0.4, -0.2) is 16.9 Å². The van der Waals surface area contributed by atoms with Gasteiger partial charge in [0.2, 0.25) is 0 Å². The Labute approximate surface area is 87.7 Å². The summed E-state index contributed by atoms with van der Waals surface area (Å²) in [6.07, 6.45) is 1.26. The number of fused-ring (bicyclic) bond motifs is 1. The lowest BCUT2D eigenvalue weighted by Crippen LogP contribution is -2.15. The quantitative estimate of drug-likeness (QED) is 0.711. The normalized spacial score (nSPS) is 20.5. The van der Waals surface area contributed by atoms with Crippen LogP contribution in [-0.2, 0) is 11.2 Å². The van der Waals surface area contributed by atoms with Gasteiger partial charge in [-0.2, -0.15) is 0 Å². The van der Waals surface area contributed by atoms with Crippen molar-refractivity contribution in [2.75, 3.05) is 0 Å². The number of carbonyl (C=O) groups excluding carboxylic acids is 1. The Bertz CT molecular complexity index is 409. The first-order chi connectivity index (χ1) is 7.18. The third-order valence-corrected chi connectivity index (χ3v) is 2.85. The van der Waals surface area contributed by atoms with E-state index in [1.807, 2.05) is 18.2 Å². The summed E-state index contributed by atoms with van der Waals surface area (Å²) in [5.41, 5.74) is 1.56.